The molecule has 0 unspecified atom stereocenters. The largest absolute Gasteiger partial charge is 0.514 e. The SMILES string of the molecule is CC1(C)OC(=O)O/C1=C/CCOC(=O)C=CCCCC(=O)CCC=CC(=O)OCC/C=C1/OC(=O)OC1(C)C. The molecule has 214 valence electrons. The highest BCUT2D eigenvalue weighted by Gasteiger charge is 2.39. The Balaban J connectivity index is 1.49. The molecular weight excluding hydrogens is 512 g/mol. The Bertz CT molecular complexity index is 1040. The number of carbonyl (C=O) groups excluding carboxylic acids is 5. The maximum absolute atomic E-state index is 12.0. The van der Waals surface area contributed by atoms with E-state index < -0.39 is 35.5 Å². The number of rotatable bonds is 15. The maximum Gasteiger partial charge on any atom is 0.514 e. The molecule has 0 N–H and O–H groups in total. The first-order valence-corrected chi connectivity index (χ1v) is 12.8. The quantitative estimate of drug-likeness (QED) is 0.116. The third-order valence-corrected chi connectivity index (χ3v) is 5.56. The van der Waals surface area contributed by atoms with Crippen LogP contribution in [0.1, 0.15) is 72.6 Å². The lowest BCUT2D eigenvalue weighted by Crippen LogP contribution is -2.20. The second kappa shape index (κ2) is 14.9. The van der Waals surface area contributed by atoms with E-state index >= 15 is 0 Å². The van der Waals surface area contributed by atoms with Gasteiger partial charge in [-0.05, 0) is 59.1 Å². The Morgan fingerprint density at radius 3 is 1.59 bits per heavy atom. The topological polar surface area (TPSA) is 141 Å². The highest BCUT2D eigenvalue weighted by molar-refractivity contribution is 5.82. The van der Waals surface area contributed by atoms with E-state index in [4.69, 9.17) is 28.4 Å². The summed E-state index contributed by atoms with van der Waals surface area (Å²) in [6.45, 7) is 7.05. The van der Waals surface area contributed by atoms with Crippen LogP contribution in [0.4, 0.5) is 9.59 Å². The van der Waals surface area contributed by atoms with Gasteiger partial charge in [0.2, 0.25) is 0 Å². The van der Waals surface area contributed by atoms with Gasteiger partial charge in [0.25, 0.3) is 0 Å². The van der Waals surface area contributed by atoms with E-state index in [0.29, 0.717) is 56.5 Å². The Labute approximate surface area is 227 Å². The van der Waals surface area contributed by atoms with Gasteiger partial charge in [0.1, 0.15) is 5.78 Å². The molecule has 0 spiro atoms. The summed E-state index contributed by atoms with van der Waals surface area (Å²) in [5.41, 5.74) is -1.67. The molecule has 2 aliphatic rings. The number of esters is 2. The van der Waals surface area contributed by atoms with Gasteiger partial charge in [-0.2, -0.15) is 0 Å². The highest BCUT2D eigenvalue weighted by Crippen LogP contribution is 2.30. The fourth-order valence-electron chi connectivity index (χ4n) is 3.50. The fourth-order valence-corrected chi connectivity index (χ4v) is 3.50. The molecule has 39 heavy (non-hydrogen) atoms. The van der Waals surface area contributed by atoms with Gasteiger partial charge >= 0.3 is 24.2 Å². The Morgan fingerprint density at radius 1 is 0.692 bits per heavy atom. The predicted octanol–water partition coefficient (Wildman–Crippen LogP) is 5.14. The van der Waals surface area contributed by atoms with Crippen molar-refractivity contribution in [3.63, 3.8) is 0 Å². The van der Waals surface area contributed by atoms with E-state index in [-0.39, 0.29) is 19.0 Å². The van der Waals surface area contributed by atoms with Crippen molar-refractivity contribution < 1.29 is 52.4 Å². The van der Waals surface area contributed by atoms with Crippen LogP contribution in [0.5, 0.6) is 0 Å². The van der Waals surface area contributed by atoms with Gasteiger partial charge in [-0.3, -0.25) is 4.79 Å². The van der Waals surface area contributed by atoms with Crippen LogP contribution in [0.15, 0.2) is 48.0 Å². The minimum atomic E-state index is -0.835. The number of cyclic esters (lactones) is 4. The molecule has 0 saturated carbocycles. The van der Waals surface area contributed by atoms with Crippen LogP contribution in [0, 0.1) is 0 Å². The first-order valence-electron chi connectivity index (χ1n) is 12.8. The summed E-state index contributed by atoms with van der Waals surface area (Å²) >= 11 is 0. The average molecular weight is 549 g/mol. The zero-order chi connectivity index (χ0) is 28.9. The Morgan fingerprint density at radius 2 is 1.15 bits per heavy atom. The van der Waals surface area contributed by atoms with E-state index in [1.54, 1.807) is 52.0 Å². The number of hydrogen-bond acceptors (Lipinski definition) is 11. The minimum absolute atomic E-state index is 0.0547. The molecule has 0 atom stereocenters. The van der Waals surface area contributed by atoms with E-state index in [1.165, 1.54) is 12.2 Å². The Hall–Kier alpha value is -3.89. The van der Waals surface area contributed by atoms with Gasteiger partial charge in [-0.1, -0.05) is 12.2 Å². The molecule has 0 aromatic carbocycles. The predicted molar refractivity (Wildman–Crippen MR) is 137 cm³/mol. The molecule has 0 radical (unpaired) electrons. The first kappa shape index (κ1) is 31.3. The molecule has 2 heterocycles. The summed E-state index contributed by atoms with van der Waals surface area (Å²) in [4.78, 5) is 57.8. The standard InChI is InChI=1S/C28H36O11/c1-27(2)21(36-25(32)38-27)14-10-18-34-23(30)16-7-5-6-12-20(29)13-8-9-17-24(31)35-19-11-15-22-28(3,4)39-26(33)37-22/h7,9,14-17H,5-6,8,10-13,18-19H2,1-4H3/b16-7?,17-9?,21-14+,22-15+. The van der Waals surface area contributed by atoms with Crippen LogP contribution in [-0.2, 0) is 42.8 Å². The van der Waals surface area contributed by atoms with Crippen LogP contribution in [0.2, 0.25) is 0 Å². The average Bonchev–Trinajstić information content (AvgIpc) is 3.26. The molecule has 2 rings (SSSR count). The van der Waals surface area contributed by atoms with Gasteiger partial charge in [0.15, 0.2) is 22.7 Å². The lowest BCUT2D eigenvalue weighted by Gasteiger charge is -2.13. The van der Waals surface area contributed by atoms with Crippen LogP contribution in [-0.4, -0.2) is 54.4 Å². The second-order valence-electron chi connectivity index (χ2n) is 9.75. The van der Waals surface area contributed by atoms with Crippen molar-refractivity contribution in [1.82, 2.24) is 0 Å². The highest BCUT2D eigenvalue weighted by atomic mass is 16.8. The number of allylic oxidation sites excluding steroid dienone is 2. The monoisotopic (exact) mass is 548 g/mol. The number of hydrogen-bond donors (Lipinski definition) is 0. The van der Waals surface area contributed by atoms with E-state index in [1.807, 2.05) is 0 Å². The fraction of sp³-hybridized carbons (Fsp3) is 0.536. The molecular formula is C28H36O11. The van der Waals surface area contributed by atoms with Gasteiger partial charge < -0.3 is 28.4 Å². The van der Waals surface area contributed by atoms with Crippen molar-refractivity contribution in [2.75, 3.05) is 13.2 Å². The van der Waals surface area contributed by atoms with E-state index in [0.717, 1.165) is 0 Å². The van der Waals surface area contributed by atoms with Gasteiger partial charge in [-0.15, -0.1) is 0 Å². The third-order valence-electron chi connectivity index (χ3n) is 5.56. The van der Waals surface area contributed by atoms with Crippen molar-refractivity contribution >= 4 is 30.0 Å². The zero-order valence-electron chi connectivity index (χ0n) is 22.8. The van der Waals surface area contributed by atoms with Crippen molar-refractivity contribution in [2.24, 2.45) is 0 Å². The lowest BCUT2D eigenvalue weighted by molar-refractivity contribution is -0.138. The number of ether oxygens (including phenoxy) is 6. The van der Waals surface area contributed by atoms with Crippen molar-refractivity contribution in [3.05, 3.63) is 48.0 Å². The minimum Gasteiger partial charge on any atom is -0.462 e. The zero-order valence-corrected chi connectivity index (χ0v) is 22.8. The number of carbonyl (C=O) groups is 5. The molecule has 0 bridgehead atoms. The summed E-state index contributed by atoms with van der Waals surface area (Å²) in [7, 11) is 0. The van der Waals surface area contributed by atoms with Crippen LogP contribution in [0.25, 0.3) is 0 Å². The van der Waals surface area contributed by atoms with Crippen LogP contribution in [0.3, 0.4) is 0 Å². The number of ketones is 1. The summed E-state index contributed by atoms with van der Waals surface area (Å²) < 4.78 is 30.1. The molecule has 2 aliphatic heterocycles. The van der Waals surface area contributed by atoms with Crippen molar-refractivity contribution in [1.29, 1.82) is 0 Å². The molecule has 2 fully saturated rings. The normalized spacial score (nSPS) is 19.7. The number of Topliss-reactive ketones (excluding diaryl/α,β-unsaturated/α-hetero) is 1. The number of unbranched alkanes of at least 4 members (excludes halogenated alkanes) is 1. The molecule has 2 saturated heterocycles. The van der Waals surface area contributed by atoms with Crippen LogP contribution >= 0.6 is 0 Å². The molecule has 0 aliphatic carbocycles. The molecule has 0 aromatic rings. The van der Waals surface area contributed by atoms with E-state index in [9.17, 15) is 24.0 Å². The lowest BCUT2D eigenvalue weighted by atomic mass is 10.1. The van der Waals surface area contributed by atoms with Gasteiger partial charge in [-0.25, -0.2) is 19.2 Å². The summed E-state index contributed by atoms with van der Waals surface area (Å²) in [5.74, 6) is -0.189. The molecule has 11 heteroatoms. The summed E-state index contributed by atoms with van der Waals surface area (Å²) in [6, 6.07) is 0. The van der Waals surface area contributed by atoms with Crippen molar-refractivity contribution in [3.8, 4) is 0 Å². The summed E-state index contributed by atoms with van der Waals surface area (Å²) in [6.07, 6.45) is 10.6. The van der Waals surface area contributed by atoms with Crippen LogP contribution < -0.4 is 0 Å². The molecule has 11 nitrogen and oxygen atoms in total. The molecule has 0 aromatic heterocycles. The Kier molecular flexibility index (Phi) is 12.0. The first-order chi connectivity index (χ1) is 18.4. The second-order valence-corrected chi connectivity index (χ2v) is 9.75. The van der Waals surface area contributed by atoms with Gasteiger partial charge in [0.05, 0.1) is 13.2 Å². The van der Waals surface area contributed by atoms with Crippen molar-refractivity contribution in [2.45, 2.75) is 83.8 Å². The van der Waals surface area contributed by atoms with E-state index in [2.05, 4.69) is 0 Å². The summed E-state index contributed by atoms with van der Waals surface area (Å²) in [5, 5.41) is 0. The third kappa shape index (κ3) is 11.6. The smallest absolute Gasteiger partial charge is 0.462 e. The van der Waals surface area contributed by atoms with Gasteiger partial charge in [0, 0.05) is 37.8 Å². The maximum atomic E-state index is 12.0. The molecule has 0 amide bonds.